The molecule has 35 heavy (non-hydrogen) atoms. The van der Waals surface area contributed by atoms with E-state index in [1.54, 1.807) is 19.2 Å². The fourth-order valence-electron chi connectivity index (χ4n) is 4.14. The summed E-state index contributed by atoms with van der Waals surface area (Å²) in [5.74, 6) is -1.56. The first-order valence-electron chi connectivity index (χ1n) is 11.7. The van der Waals surface area contributed by atoms with Crippen molar-refractivity contribution in [2.45, 2.75) is 31.7 Å². The molecule has 1 heterocycles. The molecule has 1 unspecified atom stereocenters. The van der Waals surface area contributed by atoms with Crippen molar-refractivity contribution in [1.82, 2.24) is 4.90 Å². The number of carboxylic acids is 1. The van der Waals surface area contributed by atoms with E-state index in [2.05, 4.69) is 0 Å². The lowest BCUT2D eigenvalue weighted by Crippen LogP contribution is -2.52. The number of aryl methyl sites for hydroxylation is 2. The van der Waals surface area contributed by atoms with Gasteiger partial charge in [0.1, 0.15) is 12.6 Å². The molecule has 0 aliphatic carbocycles. The molecule has 0 radical (unpaired) electrons. The molecule has 0 spiro atoms. The Kier molecular flexibility index (Phi) is 10.1. The van der Waals surface area contributed by atoms with E-state index in [9.17, 15) is 19.5 Å². The van der Waals surface area contributed by atoms with Crippen molar-refractivity contribution >= 4 is 23.7 Å². The molecular formula is C26H32N2O7. The summed E-state index contributed by atoms with van der Waals surface area (Å²) in [5, 5.41) is 9.46. The summed E-state index contributed by atoms with van der Waals surface area (Å²) in [6, 6.07) is 16.2. The van der Waals surface area contributed by atoms with Crippen LogP contribution in [0.2, 0.25) is 0 Å². The van der Waals surface area contributed by atoms with Crippen LogP contribution in [0.5, 0.6) is 0 Å². The molecule has 0 fully saturated rings. The van der Waals surface area contributed by atoms with Crippen LogP contribution < -0.4 is 4.90 Å². The number of hydrogen-bond acceptors (Lipinski definition) is 6. The first kappa shape index (κ1) is 26.2. The molecule has 1 atom stereocenters. The smallest absolute Gasteiger partial charge is 0.412 e. The maximum atomic E-state index is 13.6. The summed E-state index contributed by atoms with van der Waals surface area (Å²) >= 11 is 0. The standard InChI is InChI=1S/C26H32N2O7/c1-33-16-17-34-19-35-26(32)27(15-7-10-20-8-3-2-4-9-20)23-14-13-21-11-5-6-12-22(21)28(25(23)31)18-24(29)30/h2-6,8-9,11-12,23H,7,10,13-19H2,1H3,(H,29,30). The summed E-state index contributed by atoms with van der Waals surface area (Å²) in [5.41, 5.74) is 2.55. The number of carboxylic acid groups (broad SMARTS) is 1. The molecule has 9 heteroatoms. The Morgan fingerprint density at radius 3 is 2.57 bits per heavy atom. The number of rotatable bonds is 12. The van der Waals surface area contributed by atoms with E-state index in [4.69, 9.17) is 14.2 Å². The molecule has 2 amide bonds. The summed E-state index contributed by atoms with van der Waals surface area (Å²) in [6.07, 6.45) is 1.54. The number of anilines is 1. The topological polar surface area (TPSA) is 106 Å². The quantitative estimate of drug-likeness (QED) is 0.364. The number of fused-ring (bicyclic) bond motifs is 1. The van der Waals surface area contributed by atoms with Crippen LogP contribution in [0, 0.1) is 0 Å². The minimum absolute atomic E-state index is 0.266. The molecule has 0 aromatic heterocycles. The fourth-order valence-corrected chi connectivity index (χ4v) is 4.14. The second-order valence-electron chi connectivity index (χ2n) is 8.21. The summed E-state index contributed by atoms with van der Waals surface area (Å²) in [4.78, 5) is 40.9. The van der Waals surface area contributed by atoms with Crippen LogP contribution in [-0.2, 0) is 36.6 Å². The maximum absolute atomic E-state index is 13.6. The molecule has 2 aromatic carbocycles. The lowest BCUT2D eigenvalue weighted by atomic mass is 10.0. The highest BCUT2D eigenvalue weighted by molar-refractivity contribution is 6.02. The Morgan fingerprint density at radius 1 is 1.09 bits per heavy atom. The number of benzene rings is 2. The first-order chi connectivity index (χ1) is 17.0. The first-order valence-corrected chi connectivity index (χ1v) is 11.7. The average Bonchev–Trinajstić information content (AvgIpc) is 2.99. The highest BCUT2D eigenvalue weighted by Crippen LogP contribution is 2.29. The molecule has 2 aromatic rings. The number of amides is 2. The van der Waals surface area contributed by atoms with Gasteiger partial charge < -0.3 is 19.3 Å². The van der Waals surface area contributed by atoms with Crippen LogP contribution in [0.15, 0.2) is 54.6 Å². The normalized spacial score (nSPS) is 15.3. The minimum atomic E-state index is -1.13. The van der Waals surface area contributed by atoms with Gasteiger partial charge in [-0.25, -0.2) is 4.79 Å². The number of nitrogens with zero attached hydrogens (tertiary/aromatic N) is 2. The van der Waals surface area contributed by atoms with Crippen LogP contribution in [0.3, 0.4) is 0 Å². The van der Waals surface area contributed by atoms with Crippen molar-refractivity contribution in [3.05, 3.63) is 65.7 Å². The van der Waals surface area contributed by atoms with Crippen molar-refractivity contribution in [3.8, 4) is 0 Å². The number of carbonyl (C=O) groups is 3. The second kappa shape index (κ2) is 13.5. The number of para-hydroxylation sites is 1. The van der Waals surface area contributed by atoms with E-state index in [0.717, 1.165) is 17.5 Å². The van der Waals surface area contributed by atoms with Gasteiger partial charge in [-0.1, -0.05) is 48.5 Å². The zero-order valence-electron chi connectivity index (χ0n) is 19.9. The van der Waals surface area contributed by atoms with Gasteiger partial charge in [-0.15, -0.1) is 0 Å². The van der Waals surface area contributed by atoms with Gasteiger partial charge in [0, 0.05) is 19.3 Å². The van der Waals surface area contributed by atoms with E-state index in [-0.39, 0.29) is 19.9 Å². The molecule has 0 saturated carbocycles. The second-order valence-corrected chi connectivity index (χ2v) is 8.21. The average molecular weight is 485 g/mol. The number of aliphatic carboxylic acids is 1. The van der Waals surface area contributed by atoms with E-state index in [1.807, 2.05) is 42.5 Å². The molecule has 1 aliphatic rings. The lowest BCUT2D eigenvalue weighted by molar-refractivity contribution is -0.137. The third-order valence-electron chi connectivity index (χ3n) is 5.83. The van der Waals surface area contributed by atoms with Gasteiger partial charge in [0.2, 0.25) is 5.91 Å². The van der Waals surface area contributed by atoms with Gasteiger partial charge in [0.05, 0.1) is 13.2 Å². The maximum Gasteiger partial charge on any atom is 0.412 e. The molecular weight excluding hydrogens is 452 g/mol. The molecule has 188 valence electrons. The van der Waals surface area contributed by atoms with Crippen LogP contribution in [0.1, 0.15) is 24.0 Å². The van der Waals surface area contributed by atoms with Gasteiger partial charge in [-0.3, -0.25) is 19.4 Å². The summed E-state index contributed by atoms with van der Waals surface area (Å²) in [6.45, 7) is 0.153. The van der Waals surface area contributed by atoms with Gasteiger partial charge in [0.15, 0.2) is 6.79 Å². The molecule has 0 saturated heterocycles. The third-order valence-corrected chi connectivity index (χ3v) is 5.83. The highest BCUT2D eigenvalue weighted by atomic mass is 16.7. The lowest BCUT2D eigenvalue weighted by Gasteiger charge is -2.32. The monoisotopic (exact) mass is 484 g/mol. The molecule has 9 nitrogen and oxygen atoms in total. The minimum Gasteiger partial charge on any atom is -0.480 e. The Labute approximate surface area is 205 Å². The number of ether oxygens (including phenoxy) is 3. The van der Waals surface area contributed by atoms with Crippen molar-refractivity contribution < 1.29 is 33.7 Å². The van der Waals surface area contributed by atoms with Gasteiger partial charge in [0.25, 0.3) is 0 Å². The van der Waals surface area contributed by atoms with Crippen LogP contribution in [0.25, 0.3) is 0 Å². The Bertz CT molecular complexity index is 983. The number of methoxy groups -OCH3 is 1. The Balaban J connectivity index is 1.78. The predicted molar refractivity (Wildman–Crippen MR) is 129 cm³/mol. The SMILES string of the molecule is COCCOCOC(=O)N(CCCc1ccccc1)C1CCc2ccccc2N(CC(=O)O)C1=O. The van der Waals surface area contributed by atoms with E-state index in [0.29, 0.717) is 31.6 Å². The largest absolute Gasteiger partial charge is 0.480 e. The van der Waals surface area contributed by atoms with E-state index in [1.165, 1.54) is 9.80 Å². The zero-order valence-corrected chi connectivity index (χ0v) is 19.9. The Hall–Kier alpha value is -3.43. The van der Waals surface area contributed by atoms with Gasteiger partial charge in [-0.2, -0.15) is 0 Å². The summed E-state index contributed by atoms with van der Waals surface area (Å²) < 4.78 is 15.5. The third kappa shape index (κ3) is 7.53. The van der Waals surface area contributed by atoms with Crippen molar-refractivity contribution in [3.63, 3.8) is 0 Å². The predicted octanol–water partition coefficient (Wildman–Crippen LogP) is 3.11. The van der Waals surface area contributed by atoms with E-state index >= 15 is 0 Å². The zero-order chi connectivity index (χ0) is 25.0. The Morgan fingerprint density at radius 2 is 1.83 bits per heavy atom. The van der Waals surface area contributed by atoms with Crippen molar-refractivity contribution in [1.29, 1.82) is 0 Å². The van der Waals surface area contributed by atoms with Crippen LogP contribution >= 0.6 is 0 Å². The van der Waals surface area contributed by atoms with E-state index < -0.39 is 30.6 Å². The van der Waals surface area contributed by atoms with Gasteiger partial charge in [-0.05, 0) is 42.9 Å². The van der Waals surface area contributed by atoms with Crippen LogP contribution in [-0.4, -0.2) is 74.2 Å². The number of hydrogen-bond donors (Lipinski definition) is 1. The molecule has 1 aliphatic heterocycles. The fraction of sp³-hybridized carbons (Fsp3) is 0.423. The molecule has 0 bridgehead atoms. The molecule has 3 rings (SSSR count). The number of carbonyl (C=O) groups excluding carboxylic acids is 2. The molecule has 1 N–H and O–H groups in total. The van der Waals surface area contributed by atoms with Crippen LogP contribution in [0.4, 0.5) is 10.5 Å². The van der Waals surface area contributed by atoms with Crippen molar-refractivity contribution in [2.75, 3.05) is 45.1 Å². The highest BCUT2D eigenvalue weighted by Gasteiger charge is 2.37. The van der Waals surface area contributed by atoms with Gasteiger partial charge >= 0.3 is 12.1 Å². The van der Waals surface area contributed by atoms with Crippen molar-refractivity contribution in [2.24, 2.45) is 0 Å². The summed E-state index contributed by atoms with van der Waals surface area (Å²) in [7, 11) is 1.54.